The van der Waals surface area contributed by atoms with E-state index in [1.54, 1.807) is 0 Å². The molecule has 2 aliphatic rings. The van der Waals surface area contributed by atoms with Crippen LogP contribution in [0, 0.1) is 0 Å². The molecule has 6 aromatic carbocycles. The molecule has 0 unspecified atom stereocenters. The summed E-state index contributed by atoms with van der Waals surface area (Å²) in [6.07, 6.45) is 0. The molecule has 0 atom stereocenters. The first-order valence-electron chi connectivity index (χ1n) is 16.0. The summed E-state index contributed by atoms with van der Waals surface area (Å²) >= 11 is 0. The average Bonchev–Trinajstić information content (AvgIpc) is 3.60. The quantitative estimate of drug-likeness (QED) is 0.172. The van der Waals surface area contributed by atoms with Crippen LogP contribution in [-0.4, -0.2) is 13.3 Å². The van der Waals surface area contributed by atoms with Gasteiger partial charge >= 0.3 is 0 Å². The number of fused-ring (bicyclic) bond motifs is 3. The van der Waals surface area contributed by atoms with Crippen molar-refractivity contribution in [1.82, 2.24) is 0 Å². The first-order valence-corrected chi connectivity index (χ1v) is 16.0. The van der Waals surface area contributed by atoms with E-state index in [0.29, 0.717) is 0 Å². The van der Waals surface area contributed by atoms with Crippen molar-refractivity contribution in [1.29, 1.82) is 0 Å². The van der Waals surface area contributed by atoms with E-state index < -0.39 is 0 Å². The summed E-state index contributed by atoms with van der Waals surface area (Å²) in [7, 11) is 0. The number of nitrogen functional groups attached to an aromatic ring is 2. The zero-order valence-corrected chi connectivity index (χ0v) is 25.9. The Hall–Kier alpha value is -5.62. The molecule has 0 saturated carbocycles. The van der Waals surface area contributed by atoms with Crippen LogP contribution in [0.1, 0.15) is 22.3 Å². The van der Waals surface area contributed by atoms with E-state index >= 15 is 0 Å². The first kappa shape index (κ1) is 27.9. The Bertz CT molecular complexity index is 1860. The highest BCUT2D eigenvalue weighted by atomic mass is 15.4. The van der Waals surface area contributed by atoms with Crippen LogP contribution in [0.15, 0.2) is 133 Å². The van der Waals surface area contributed by atoms with Gasteiger partial charge in [-0.25, -0.2) is 0 Å². The lowest BCUT2D eigenvalue weighted by molar-refractivity contribution is 0.760. The summed E-state index contributed by atoms with van der Waals surface area (Å²) in [5.41, 5.74) is 23.8. The molecule has 46 heavy (non-hydrogen) atoms. The fraction of sp³-hybridized carbons (Fsp3) is 0.150. The van der Waals surface area contributed by atoms with Gasteiger partial charge in [0.05, 0.1) is 36.1 Å². The second-order valence-electron chi connectivity index (χ2n) is 12.5. The topological polar surface area (TPSA) is 65.0 Å². The van der Waals surface area contributed by atoms with E-state index in [0.717, 1.165) is 50.9 Å². The lowest BCUT2D eigenvalue weighted by Crippen LogP contribution is -2.31. The second-order valence-corrected chi connectivity index (χ2v) is 12.5. The van der Waals surface area contributed by atoms with E-state index in [9.17, 15) is 0 Å². The van der Waals surface area contributed by atoms with Crippen molar-refractivity contribution in [2.75, 3.05) is 44.4 Å². The van der Waals surface area contributed by atoms with Gasteiger partial charge in [0.15, 0.2) is 0 Å². The van der Waals surface area contributed by atoms with Gasteiger partial charge in [0, 0.05) is 37.6 Å². The van der Waals surface area contributed by atoms with Gasteiger partial charge in [-0.2, -0.15) is 0 Å². The lowest BCUT2D eigenvalue weighted by atomic mass is 9.98. The predicted octanol–water partition coefficient (Wildman–Crippen LogP) is 7.97. The van der Waals surface area contributed by atoms with Crippen LogP contribution in [0.4, 0.5) is 34.1 Å². The Morgan fingerprint density at radius 1 is 0.391 bits per heavy atom. The van der Waals surface area contributed by atoms with Gasteiger partial charge < -0.3 is 31.1 Å². The van der Waals surface area contributed by atoms with Gasteiger partial charge in [-0.05, 0) is 81.6 Å². The third kappa shape index (κ3) is 5.32. The normalized spacial score (nSPS) is 13.8. The largest absolute Gasteiger partial charge is 0.399 e. The molecule has 0 spiro atoms. The molecule has 2 aliphatic heterocycles. The molecule has 228 valence electrons. The van der Waals surface area contributed by atoms with Crippen molar-refractivity contribution in [2.45, 2.75) is 26.2 Å². The maximum absolute atomic E-state index is 5.96. The molecule has 4 N–H and O–H groups in total. The van der Waals surface area contributed by atoms with Crippen LogP contribution in [-0.2, 0) is 26.2 Å². The van der Waals surface area contributed by atoms with Crippen LogP contribution in [0.2, 0.25) is 0 Å². The average molecular weight is 603 g/mol. The van der Waals surface area contributed by atoms with Crippen molar-refractivity contribution >= 4 is 44.9 Å². The van der Waals surface area contributed by atoms with Gasteiger partial charge in [0.25, 0.3) is 0 Å². The number of anilines is 6. The Morgan fingerprint density at radius 3 is 1.15 bits per heavy atom. The predicted molar refractivity (Wildman–Crippen MR) is 193 cm³/mol. The number of hydrogen-bond acceptors (Lipinski definition) is 6. The van der Waals surface area contributed by atoms with E-state index in [1.165, 1.54) is 55.8 Å². The first-order chi connectivity index (χ1) is 22.6. The summed E-state index contributed by atoms with van der Waals surface area (Å²) in [6, 6.07) is 47.5. The highest BCUT2D eigenvalue weighted by molar-refractivity contribution is 5.90. The smallest absolute Gasteiger partial charge is 0.0911 e. The molecule has 6 aromatic rings. The number of benzene rings is 6. The van der Waals surface area contributed by atoms with Gasteiger partial charge in [-0.15, -0.1) is 0 Å². The van der Waals surface area contributed by atoms with Crippen LogP contribution in [0.25, 0.3) is 10.8 Å². The number of nitrogens with zero attached hydrogens (tertiary/aromatic N) is 4. The number of para-hydroxylation sites is 4. The summed E-state index contributed by atoms with van der Waals surface area (Å²) in [4.78, 5) is 9.95. The minimum Gasteiger partial charge on any atom is -0.399 e. The molecule has 2 heterocycles. The Balaban J connectivity index is 1.08. The number of nitrogens with two attached hydrogens (primary N) is 2. The van der Waals surface area contributed by atoms with Crippen LogP contribution < -0.4 is 31.1 Å². The zero-order chi connectivity index (χ0) is 31.0. The molecule has 0 saturated heterocycles. The van der Waals surface area contributed by atoms with Gasteiger partial charge in [-0.3, -0.25) is 0 Å². The minimum atomic E-state index is 0.797. The molecule has 0 aromatic heterocycles. The molecule has 8 rings (SSSR count). The Labute approximate surface area is 270 Å². The van der Waals surface area contributed by atoms with Crippen molar-refractivity contribution in [3.8, 4) is 0 Å². The van der Waals surface area contributed by atoms with Crippen LogP contribution in [0.3, 0.4) is 0 Å². The Morgan fingerprint density at radius 2 is 0.761 bits per heavy atom. The third-order valence-electron chi connectivity index (χ3n) is 9.32. The maximum Gasteiger partial charge on any atom is 0.0911 e. The van der Waals surface area contributed by atoms with Crippen LogP contribution in [0.5, 0.6) is 0 Å². The molecular formula is C40H38N6. The van der Waals surface area contributed by atoms with Crippen molar-refractivity contribution in [3.63, 3.8) is 0 Å². The monoisotopic (exact) mass is 602 g/mol. The zero-order valence-electron chi connectivity index (χ0n) is 25.9. The fourth-order valence-electron chi connectivity index (χ4n) is 7.12. The third-order valence-corrected chi connectivity index (χ3v) is 9.32. The van der Waals surface area contributed by atoms with E-state index in [4.69, 9.17) is 11.5 Å². The van der Waals surface area contributed by atoms with E-state index in [-0.39, 0.29) is 0 Å². The SMILES string of the molecule is Nc1ccc(CN2CN(Cc3cccc4cccc(CN5CN(Cc6ccc(N)cc6)c6ccccc65)c34)c3ccccc32)cc1. The maximum atomic E-state index is 5.96. The molecule has 0 fully saturated rings. The molecule has 0 amide bonds. The van der Waals surface area contributed by atoms with E-state index in [2.05, 4.69) is 129 Å². The van der Waals surface area contributed by atoms with Crippen molar-refractivity contribution in [2.24, 2.45) is 0 Å². The van der Waals surface area contributed by atoms with Crippen molar-refractivity contribution < 1.29 is 0 Å². The highest BCUT2D eigenvalue weighted by Crippen LogP contribution is 2.40. The number of hydrogen-bond donors (Lipinski definition) is 2. The van der Waals surface area contributed by atoms with Crippen LogP contribution >= 0.6 is 0 Å². The van der Waals surface area contributed by atoms with Gasteiger partial charge in [0.1, 0.15) is 0 Å². The Kier molecular flexibility index (Phi) is 7.10. The summed E-state index contributed by atoms with van der Waals surface area (Å²) in [5, 5.41) is 2.64. The molecule has 0 aliphatic carbocycles. The molecular weight excluding hydrogens is 564 g/mol. The highest BCUT2D eigenvalue weighted by Gasteiger charge is 2.28. The summed E-state index contributed by atoms with van der Waals surface area (Å²) in [6.45, 7) is 5.03. The lowest BCUT2D eigenvalue weighted by Gasteiger charge is -2.25. The molecule has 6 heteroatoms. The van der Waals surface area contributed by atoms with Gasteiger partial charge in [0.2, 0.25) is 0 Å². The van der Waals surface area contributed by atoms with E-state index in [1.807, 2.05) is 24.3 Å². The minimum absolute atomic E-state index is 0.797. The molecule has 0 radical (unpaired) electrons. The summed E-state index contributed by atoms with van der Waals surface area (Å²) < 4.78 is 0. The summed E-state index contributed by atoms with van der Waals surface area (Å²) in [5.74, 6) is 0. The molecule has 6 nitrogen and oxygen atoms in total. The van der Waals surface area contributed by atoms with Gasteiger partial charge in [-0.1, -0.05) is 84.9 Å². The standard InChI is InChI=1S/C40H38N6/c41-34-19-15-29(16-20-34)23-43-27-45(38-13-3-1-11-36(38)43)25-32-9-5-7-31-8-6-10-33(40(31)32)26-46-28-44(37-12-2-4-14-39(37)46)24-30-17-21-35(42)22-18-30/h1-22H,23-28,41-42H2. The molecule has 0 bridgehead atoms. The fourth-order valence-corrected chi connectivity index (χ4v) is 7.12. The second kappa shape index (κ2) is 11.7. The number of rotatable bonds is 8. The van der Waals surface area contributed by atoms with Crippen molar-refractivity contribution in [3.05, 3.63) is 156 Å².